The Labute approximate surface area is 122 Å². The molecule has 0 atom stereocenters. The summed E-state index contributed by atoms with van der Waals surface area (Å²) in [7, 11) is 0. The Morgan fingerprint density at radius 2 is 2.14 bits per heavy atom. The van der Waals surface area contributed by atoms with Crippen LogP contribution < -0.4 is 0 Å². The van der Waals surface area contributed by atoms with Crippen LogP contribution in [0.25, 0.3) is 5.65 Å². The summed E-state index contributed by atoms with van der Waals surface area (Å²) in [5, 5.41) is 4.13. The van der Waals surface area contributed by atoms with Crippen molar-refractivity contribution in [1.29, 1.82) is 0 Å². The van der Waals surface area contributed by atoms with Crippen molar-refractivity contribution in [2.24, 2.45) is 0 Å². The monoisotopic (exact) mass is 282 g/mol. The molecule has 1 saturated heterocycles. The number of fused-ring (bicyclic) bond motifs is 1. The normalized spacial score (nSPS) is 17.5. The van der Waals surface area contributed by atoms with Crippen molar-refractivity contribution in [3.8, 4) is 0 Å². The molecule has 21 heavy (non-hydrogen) atoms. The molecule has 1 N–H and O–H groups in total. The zero-order chi connectivity index (χ0) is 14.1. The Balaban J connectivity index is 1.40. The van der Waals surface area contributed by atoms with E-state index in [-0.39, 0.29) is 0 Å². The number of hydrogen-bond donors (Lipinski definition) is 1. The number of likely N-dealkylation sites (tertiary alicyclic amines) is 1. The van der Waals surface area contributed by atoms with E-state index in [4.69, 9.17) is 0 Å². The summed E-state index contributed by atoms with van der Waals surface area (Å²) in [5.41, 5.74) is 2.21. The highest BCUT2D eigenvalue weighted by atomic mass is 15.3. The molecule has 0 amide bonds. The Hall–Kier alpha value is -2.21. The molecule has 0 aromatic carbocycles. The Morgan fingerprint density at radius 1 is 1.24 bits per heavy atom. The molecule has 108 valence electrons. The van der Waals surface area contributed by atoms with E-state index >= 15 is 0 Å². The largest absolute Gasteiger partial charge is 0.348 e. The van der Waals surface area contributed by atoms with Crippen molar-refractivity contribution in [2.45, 2.75) is 25.3 Å². The summed E-state index contributed by atoms with van der Waals surface area (Å²) in [6, 6.07) is 4.24. The first-order chi connectivity index (χ1) is 10.4. The van der Waals surface area contributed by atoms with Crippen LogP contribution >= 0.6 is 0 Å². The zero-order valence-electron chi connectivity index (χ0n) is 11.8. The van der Waals surface area contributed by atoms with Gasteiger partial charge >= 0.3 is 0 Å². The number of imidazole rings is 1. The zero-order valence-corrected chi connectivity index (χ0v) is 11.8. The molecule has 1 aliphatic heterocycles. The number of aromatic amines is 1. The van der Waals surface area contributed by atoms with E-state index in [0.29, 0.717) is 5.92 Å². The molecule has 0 radical (unpaired) electrons. The molecule has 3 aromatic rings. The highest BCUT2D eigenvalue weighted by Crippen LogP contribution is 2.26. The van der Waals surface area contributed by atoms with Crippen molar-refractivity contribution >= 4 is 5.65 Å². The second kappa shape index (κ2) is 5.29. The number of hydrogen-bond acceptors (Lipinski definition) is 4. The standard InChI is InChI=1S/C15H18N6/c1-8-21-14(18-11-19-21)9-12(1)10-20-6-2-13(3-7-20)15-16-4-5-17-15/h1,4-5,8-9,11,13H,2-3,6-7,10H2,(H,16,17). The van der Waals surface area contributed by atoms with Crippen LogP contribution in [-0.2, 0) is 6.54 Å². The molecular weight excluding hydrogens is 264 g/mol. The van der Waals surface area contributed by atoms with Gasteiger partial charge in [0.2, 0.25) is 0 Å². The molecule has 0 unspecified atom stereocenters. The van der Waals surface area contributed by atoms with Gasteiger partial charge in [-0.25, -0.2) is 14.5 Å². The first-order valence-corrected chi connectivity index (χ1v) is 7.38. The van der Waals surface area contributed by atoms with Crippen LogP contribution in [0.4, 0.5) is 0 Å². The van der Waals surface area contributed by atoms with Crippen molar-refractivity contribution in [3.63, 3.8) is 0 Å². The topological polar surface area (TPSA) is 62.1 Å². The summed E-state index contributed by atoms with van der Waals surface area (Å²) in [5.74, 6) is 1.72. The van der Waals surface area contributed by atoms with Crippen molar-refractivity contribution in [2.75, 3.05) is 13.1 Å². The number of pyridine rings is 1. The second-order valence-electron chi connectivity index (χ2n) is 5.62. The third kappa shape index (κ3) is 2.54. The van der Waals surface area contributed by atoms with Crippen LogP contribution in [0.5, 0.6) is 0 Å². The van der Waals surface area contributed by atoms with Gasteiger partial charge in [-0.2, -0.15) is 5.10 Å². The second-order valence-corrected chi connectivity index (χ2v) is 5.62. The average Bonchev–Trinajstić information content (AvgIpc) is 3.19. The van der Waals surface area contributed by atoms with E-state index in [1.54, 1.807) is 10.8 Å². The lowest BCUT2D eigenvalue weighted by Gasteiger charge is -2.31. The first-order valence-electron chi connectivity index (χ1n) is 7.38. The molecule has 0 bridgehead atoms. The van der Waals surface area contributed by atoms with Gasteiger partial charge in [-0.1, -0.05) is 0 Å². The molecule has 1 fully saturated rings. The third-order valence-corrected chi connectivity index (χ3v) is 4.24. The maximum absolute atomic E-state index is 4.39. The maximum atomic E-state index is 4.39. The number of H-pyrrole nitrogens is 1. The fourth-order valence-corrected chi connectivity index (χ4v) is 3.08. The fourth-order valence-electron chi connectivity index (χ4n) is 3.08. The van der Waals surface area contributed by atoms with Gasteiger partial charge in [0.05, 0.1) is 0 Å². The summed E-state index contributed by atoms with van der Waals surface area (Å²) < 4.78 is 1.80. The van der Waals surface area contributed by atoms with Crippen LogP contribution in [0.15, 0.2) is 37.1 Å². The molecule has 0 saturated carbocycles. The van der Waals surface area contributed by atoms with Gasteiger partial charge in [-0.05, 0) is 43.6 Å². The van der Waals surface area contributed by atoms with Gasteiger partial charge in [-0.3, -0.25) is 4.90 Å². The van der Waals surface area contributed by atoms with Crippen LogP contribution in [-0.4, -0.2) is 42.6 Å². The highest BCUT2D eigenvalue weighted by molar-refractivity contribution is 5.39. The van der Waals surface area contributed by atoms with Crippen LogP contribution in [0.3, 0.4) is 0 Å². The fraction of sp³-hybridized carbons (Fsp3) is 0.400. The van der Waals surface area contributed by atoms with Crippen LogP contribution in [0.2, 0.25) is 0 Å². The van der Waals surface area contributed by atoms with E-state index in [0.717, 1.165) is 31.1 Å². The number of piperidine rings is 1. The maximum Gasteiger partial charge on any atom is 0.155 e. The smallest absolute Gasteiger partial charge is 0.155 e. The van der Waals surface area contributed by atoms with Crippen molar-refractivity contribution < 1.29 is 0 Å². The Morgan fingerprint density at radius 3 is 2.95 bits per heavy atom. The molecule has 0 aliphatic carbocycles. The molecular formula is C15H18N6. The SMILES string of the molecule is c1c[nH]c(C2CCN(Cc3ccn4ncnc4c3)CC2)n1. The lowest BCUT2D eigenvalue weighted by Crippen LogP contribution is -2.32. The average molecular weight is 282 g/mol. The summed E-state index contributed by atoms with van der Waals surface area (Å²) in [4.78, 5) is 14.4. The predicted octanol–water partition coefficient (Wildman–Crippen LogP) is 1.83. The minimum atomic E-state index is 0.579. The van der Waals surface area contributed by atoms with Crippen molar-refractivity contribution in [3.05, 3.63) is 48.4 Å². The quantitative estimate of drug-likeness (QED) is 0.796. The lowest BCUT2D eigenvalue weighted by atomic mass is 9.96. The van der Waals surface area contributed by atoms with Crippen LogP contribution in [0, 0.1) is 0 Å². The van der Waals surface area contributed by atoms with Gasteiger partial charge in [0.25, 0.3) is 0 Å². The Kier molecular flexibility index (Phi) is 3.16. The van der Waals surface area contributed by atoms with E-state index in [9.17, 15) is 0 Å². The summed E-state index contributed by atoms with van der Waals surface area (Å²) in [6.45, 7) is 3.21. The molecule has 0 spiro atoms. The van der Waals surface area contributed by atoms with Crippen LogP contribution in [0.1, 0.15) is 30.1 Å². The Bertz CT molecular complexity index is 709. The van der Waals surface area contributed by atoms with Gasteiger partial charge in [0.1, 0.15) is 12.2 Å². The highest BCUT2D eigenvalue weighted by Gasteiger charge is 2.22. The van der Waals surface area contributed by atoms with E-state index in [1.807, 2.05) is 18.6 Å². The van der Waals surface area contributed by atoms with Crippen molar-refractivity contribution in [1.82, 2.24) is 29.5 Å². The number of nitrogens with one attached hydrogen (secondary N) is 1. The third-order valence-electron chi connectivity index (χ3n) is 4.24. The molecule has 4 heterocycles. The van der Waals surface area contributed by atoms with E-state index < -0.39 is 0 Å². The first kappa shape index (κ1) is 12.5. The number of aromatic nitrogens is 5. The van der Waals surface area contributed by atoms with E-state index in [1.165, 1.54) is 18.4 Å². The summed E-state index contributed by atoms with van der Waals surface area (Å²) in [6.07, 6.45) is 9.66. The molecule has 6 heteroatoms. The molecule has 4 rings (SSSR count). The molecule has 6 nitrogen and oxygen atoms in total. The van der Waals surface area contributed by atoms with Gasteiger partial charge < -0.3 is 4.98 Å². The molecule has 3 aromatic heterocycles. The van der Waals surface area contributed by atoms with Gasteiger partial charge in [0, 0.05) is 31.1 Å². The van der Waals surface area contributed by atoms with Gasteiger partial charge in [-0.15, -0.1) is 0 Å². The number of nitrogens with zero attached hydrogens (tertiary/aromatic N) is 5. The number of rotatable bonds is 3. The van der Waals surface area contributed by atoms with E-state index in [2.05, 4.69) is 37.1 Å². The predicted molar refractivity (Wildman–Crippen MR) is 78.8 cm³/mol. The minimum Gasteiger partial charge on any atom is -0.348 e. The van der Waals surface area contributed by atoms with Gasteiger partial charge in [0.15, 0.2) is 5.65 Å². The minimum absolute atomic E-state index is 0.579. The molecule has 1 aliphatic rings. The lowest BCUT2D eigenvalue weighted by molar-refractivity contribution is 0.202. The summed E-state index contributed by atoms with van der Waals surface area (Å²) >= 11 is 0.